The molecule has 46 heavy (non-hydrogen) atoms. The van der Waals surface area contributed by atoms with Crippen molar-refractivity contribution in [2.24, 2.45) is 0 Å². The van der Waals surface area contributed by atoms with E-state index in [0.29, 0.717) is 44.6 Å². The Kier molecular flexibility index (Phi) is 9.94. The van der Waals surface area contributed by atoms with Crippen LogP contribution in [-0.2, 0) is 9.84 Å². The molecule has 0 aliphatic carbocycles. The van der Waals surface area contributed by atoms with Crippen molar-refractivity contribution in [1.29, 1.82) is 10.5 Å². The van der Waals surface area contributed by atoms with Crippen LogP contribution in [0.1, 0.15) is 11.1 Å². The molecule has 0 fully saturated rings. The second-order valence-electron chi connectivity index (χ2n) is 9.82. The van der Waals surface area contributed by atoms with Crippen molar-refractivity contribution in [2.75, 3.05) is 12.5 Å². The lowest BCUT2D eigenvalue weighted by Gasteiger charge is -2.10. The van der Waals surface area contributed by atoms with E-state index in [1.54, 1.807) is 48.5 Å². The molecule has 0 amide bonds. The molecule has 0 unspecified atom stereocenters. The predicted molar refractivity (Wildman–Crippen MR) is 180 cm³/mol. The normalized spacial score (nSPS) is 10.6. The van der Waals surface area contributed by atoms with E-state index in [4.69, 9.17) is 0 Å². The third-order valence-electron chi connectivity index (χ3n) is 6.70. The van der Waals surface area contributed by atoms with Gasteiger partial charge in [-0.05, 0) is 6.26 Å². The molecule has 0 atom stereocenters. The second kappa shape index (κ2) is 14.4. The van der Waals surface area contributed by atoms with Crippen molar-refractivity contribution in [3.8, 4) is 57.2 Å². The zero-order chi connectivity index (χ0) is 32.5. The van der Waals surface area contributed by atoms with Gasteiger partial charge in [0.05, 0.1) is 22.8 Å². The first-order valence-electron chi connectivity index (χ1n) is 13.9. The molecule has 0 radical (unpaired) electrons. The number of thioether (sulfide) groups is 1. The highest BCUT2D eigenvalue weighted by Gasteiger charge is 2.22. The van der Waals surface area contributed by atoms with E-state index in [0.717, 1.165) is 17.4 Å². The standard InChI is InChI=1S/C18H13N3O2S.C18H13N3S/c1-24(22,23)18-20-16(13-8-4-2-5-9-13)15(12-19)17(21-18)14-10-6-3-7-11-14;1-22-18-20-16(13-8-4-2-5-9-13)15(12-19)17(21-18)14-10-6-3-7-11-14/h2-11H,1H3;2-11H,1H3. The number of benzene rings is 4. The highest BCUT2D eigenvalue weighted by molar-refractivity contribution is 7.98. The van der Waals surface area contributed by atoms with Gasteiger partial charge in [0.1, 0.15) is 23.3 Å². The summed E-state index contributed by atoms with van der Waals surface area (Å²) in [6.45, 7) is 0. The van der Waals surface area contributed by atoms with Gasteiger partial charge in [-0.2, -0.15) is 10.5 Å². The van der Waals surface area contributed by atoms with Crippen LogP contribution in [0.3, 0.4) is 0 Å². The summed E-state index contributed by atoms with van der Waals surface area (Å²) in [6.07, 6.45) is 2.99. The summed E-state index contributed by atoms with van der Waals surface area (Å²) >= 11 is 1.47. The van der Waals surface area contributed by atoms with Gasteiger partial charge in [-0.3, -0.25) is 0 Å². The average Bonchev–Trinajstić information content (AvgIpc) is 3.11. The highest BCUT2D eigenvalue weighted by atomic mass is 32.2. The van der Waals surface area contributed by atoms with Crippen LogP contribution in [0.15, 0.2) is 132 Å². The molecule has 0 bridgehead atoms. The number of rotatable bonds is 6. The van der Waals surface area contributed by atoms with Gasteiger partial charge in [0, 0.05) is 28.5 Å². The van der Waals surface area contributed by atoms with Gasteiger partial charge in [-0.15, -0.1) is 0 Å². The molecule has 6 aromatic rings. The fraction of sp³-hybridized carbons (Fsp3) is 0.0556. The molecular weight excluding hydrogens is 613 g/mol. The Balaban J connectivity index is 0.000000182. The summed E-state index contributed by atoms with van der Waals surface area (Å²) in [5.41, 5.74) is 5.93. The minimum atomic E-state index is -3.62. The van der Waals surface area contributed by atoms with Gasteiger partial charge in [-0.1, -0.05) is 133 Å². The van der Waals surface area contributed by atoms with Crippen molar-refractivity contribution in [1.82, 2.24) is 19.9 Å². The number of sulfone groups is 1. The lowest BCUT2D eigenvalue weighted by molar-refractivity contribution is 0.593. The first-order chi connectivity index (χ1) is 22.3. The molecule has 0 saturated carbocycles. The zero-order valence-electron chi connectivity index (χ0n) is 24.9. The maximum atomic E-state index is 12.0. The number of hydrogen-bond donors (Lipinski definition) is 0. The van der Waals surface area contributed by atoms with E-state index in [2.05, 4.69) is 32.1 Å². The molecule has 4 aromatic carbocycles. The Hall–Kier alpha value is -5.68. The van der Waals surface area contributed by atoms with Gasteiger partial charge in [-0.25, -0.2) is 28.4 Å². The van der Waals surface area contributed by atoms with E-state index in [1.807, 2.05) is 79.1 Å². The molecule has 2 aromatic heterocycles. The Labute approximate surface area is 272 Å². The van der Waals surface area contributed by atoms with Gasteiger partial charge in [0.15, 0.2) is 5.16 Å². The summed E-state index contributed by atoms with van der Waals surface area (Å²) in [6, 6.07) is 41.9. The van der Waals surface area contributed by atoms with Gasteiger partial charge >= 0.3 is 0 Å². The van der Waals surface area contributed by atoms with Crippen molar-refractivity contribution in [3.05, 3.63) is 132 Å². The van der Waals surface area contributed by atoms with Crippen LogP contribution in [0.5, 0.6) is 0 Å². The van der Waals surface area contributed by atoms with Crippen molar-refractivity contribution in [2.45, 2.75) is 10.3 Å². The smallest absolute Gasteiger partial charge is 0.221 e. The molecule has 224 valence electrons. The first kappa shape index (κ1) is 31.7. The van der Waals surface area contributed by atoms with Gasteiger partial charge in [0.2, 0.25) is 15.0 Å². The maximum Gasteiger partial charge on any atom is 0.248 e. The number of nitrogens with zero attached hydrogens (tertiary/aromatic N) is 6. The average molecular weight is 639 g/mol. The number of hydrogen-bond acceptors (Lipinski definition) is 9. The summed E-state index contributed by atoms with van der Waals surface area (Å²) in [7, 11) is -3.62. The largest absolute Gasteiger partial charge is 0.248 e. The van der Waals surface area contributed by atoms with Crippen LogP contribution >= 0.6 is 11.8 Å². The molecule has 6 rings (SSSR count). The maximum absolute atomic E-state index is 12.0. The van der Waals surface area contributed by atoms with Crippen LogP contribution in [0, 0.1) is 22.7 Å². The number of aromatic nitrogens is 4. The molecule has 10 heteroatoms. The topological polar surface area (TPSA) is 133 Å². The van der Waals surface area contributed by atoms with E-state index < -0.39 is 9.84 Å². The molecule has 0 spiro atoms. The van der Waals surface area contributed by atoms with Crippen molar-refractivity contribution >= 4 is 21.6 Å². The second-order valence-corrected chi connectivity index (χ2v) is 12.5. The molecule has 0 N–H and O–H groups in total. The third kappa shape index (κ3) is 7.16. The van der Waals surface area contributed by atoms with Crippen LogP contribution in [0.4, 0.5) is 0 Å². The van der Waals surface area contributed by atoms with Gasteiger partial charge < -0.3 is 0 Å². The van der Waals surface area contributed by atoms with Gasteiger partial charge in [0.25, 0.3) is 0 Å². The minimum absolute atomic E-state index is 0.250. The van der Waals surface area contributed by atoms with Crippen molar-refractivity contribution < 1.29 is 8.42 Å². The Morgan fingerprint density at radius 3 is 1.04 bits per heavy atom. The van der Waals surface area contributed by atoms with Crippen LogP contribution < -0.4 is 0 Å². The lowest BCUT2D eigenvalue weighted by atomic mass is 10.0. The SMILES string of the molecule is CS(=O)(=O)c1nc(-c2ccccc2)c(C#N)c(-c2ccccc2)n1.CSc1nc(-c2ccccc2)c(C#N)c(-c2ccccc2)n1. The quantitative estimate of drug-likeness (QED) is 0.134. The van der Waals surface area contributed by atoms with E-state index in [-0.39, 0.29) is 10.7 Å². The van der Waals surface area contributed by atoms with Crippen LogP contribution in [0.25, 0.3) is 45.0 Å². The van der Waals surface area contributed by atoms with Crippen LogP contribution in [0.2, 0.25) is 0 Å². The minimum Gasteiger partial charge on any atom is -0.221 e. The summed E-state index contributed by atoms with van der Waals surface area (Å²) in [5.74, 6) is 0. The van der Waals surface area contributed by atoms with Crippen LogP contribution in [-0.4, -0.2) is 40.9 Å². The molecule has 2 heterocycles. The Bertz CT molecular complexity index is 2040. The predicted octanol–water partition coefficient (Wildman–Crippen LogP) is 7.49. The molecule has 0 aliphatic rings. The fourth-order valence-electron chi connectivity index (χ4n) is 4.57. The summed E-state index contributed by atoms with van der Waals surface area (Å²) < 4.78 is 24.0. The van der Waals surface area contributed by atoms with E-state index in [1.165, 1.54) is 11.8 Å². The Morgan fingerprint density at radius 2 is 0.804 bits per heavy atom. The first-order valence-corrected chi connectivity index (χ1v) is 17.1. The highest BCUT2D eigenvalue weighted by Crippen LogP contribution is 2.32. The third-order valence-corrected chi connectivity index (χ3v) is 8.10. The molecule has 0 saturated heterocycles. The van der Waals surface area contributed by atoms with Crippen molar-refractivity contribution in [3.63, 3.8) is 0 Å². The lowest BCUT2D eigenvalue weighted by Crippen LogP contribution is -2.08. The fourth-order valence-corrected chi connectivity index (χ4v) is 5.45. The molecular formula is C36H26N6O2S2. The molecule has 0 aliphatic heterocycles. The monoisotopic (exact) mass is 638 g/mol. The summed E-state index contributed by atoms with van der Waals surface area (Å²) in [5, 5.41) is 19.7. The van der Waals surface area contributed by atoms with E-state index >= 15 is 0 Å². The Morgan fingerprint density at radius 1 is 0.522 bits per heavy atom. The van der Waals surface area contributed by atoms with E-state index in [9.17, 15) is 18.9 Å². The summed E-state index contributed by atoms with van der Waals surface area (Å²) in [4.78, 5) is 17.4. The molecule has 8 nitrogen and oxygen atoms in total. The number of nitriles is 2. The zero-order valence-corrected chi connectivity index (χ0v) is 26.5.